The zero-order valence-corrected chi connectivity index (χ0v) is 10.1. The fourth-order valence-corrected chi connectivity index (χ4v) is 0.536. The summed E-state index contributed by atoms with van der Waals surface area (Å²) in [6.45, 7) is 4.01. The Balaban J connectivity index is 0. The number of carboxylic acid groups (broad SMARTS) is 1. The third-order valence-electron chi connectivity index (χ3n) is 0.877. The number of aliphatic carboxylic acids is 1. The molecule has 0 fully saturated rings. The fourth-order valence-electron chi connectivity index (χ4n) is 0.536. The van der Waals surface area contributed by atoms with Crippen LogP contribution in [-0.4, -0.2) is 16.9 Å². The van der Waals surface area contributed by atoms with Crippen molar-refractivity contribution in [1.82, 2.24) is 0 Å². The number of rotatable bonds is 4. The normalized spacial score (nSPS) is 8.08. The van der Waals surface area contributed by atoms with Crippen LogP contribution in [0.3, 0.4) is 0 Å². The van der Waals surface area contributed by atoms with Gasteiger partial charge in [-0.3, -0.25) is 9.59 Å². The maximum absolute atomic E-state index is 10.5. The Kier molecular flexibility index (Phi) is 13.4. The molecule has 69 valence electrons. The summed E-state index contributed by atoms with van der Waals surface area (Å²) in [6, 6.07) is 0. The van der Waals surface area contributed by atoms with Crippen LogP contribution in [-0.2, 0) is 34.3 Å². The molecule has 0 aliphatic heterocycles. The Bertz CT molecular complexity index is 134. The molecule has 0 aromatic heterocycles. The summed E-state index contributed by atoms with van der Waals surface area (Å²) in [5, 5.41) is 8.09. The molecule has 1 N–H and O–H groups in total. The quantitative estimate of drug-likeness (QED) is 0.774. The summed E-state index contributed by atoms with van der Waals surface area (Å²) in [5.41, 5.74) is 0. The van der Waals surface area contributed by atoms with Crippen molar-refractivity contribution < 1.29 is 39.4 Å². The van der Waals surface area contributed by atoms with Gasteiger partial charge in [0.25, 0.3) is 0 Å². The molecule has 0 unspecified atom stereocenters. The van der Waals surface area contributed by atoms with E-state index in [-0.39, 0.29) is 12.2 Å². The topological polar surface area (TPSA) is 54.4 Å². The molecule has 4 heteroatoms. The van der Waals surface area contributed by atoms with Crippen molar-refractivity contribution in [2.24, 2.45) is 0 Å². The van der Waals surface area contributed by atoms with Crippen molar-refractivity contribution in [3.8, 4) is 0 Å². The Morgan fingerprint density at radius 2 is 1.75 bits per heavy atom. The first-order chi connectivity index (χ1) is 5.58. The first kappa shape index (κ1) is 14.5. The molecule has 0 atom stereocenters. The Morgan fingerprint density at radius 1 is 1.33 bits per heavy atom. The average Bonchev–Trinajstić information content (AvgIpc) is 1.87. The fraction of sp³-hybridized carbons (Fsp3) is 0.750. The third-order valence-corrected chi connectivity index (χ3v) is 0.877. The van der Waals surface area contributed by atoms with Gasteiger partial charge in [0.2, 0.25) is 0 Å². The van der Waals surface area contributed by atoms with Crippen LogP contribution >= 0.6 is 0 Å². The molecule has 12 heavy (non-hydrogen) atoms. The summed E-state index contributed by atoms with van der Waals surface area (Å²) >= 11 is 1.64. The van der Waals surface area contributed by atoms with Crippen LogP contribution in [0.25, 0.3) is 0 Å². The van der Waals surface area contributed by atoms with Crippen molar-refractivity contribution in [1.29, 1.82) is 0 Å². The number of ketones is 1. The van der Waals surface area contributed by atoms with Gasteiger partial charge in [-0.05, 0) is 6.42 Å². The second-order valence-corrected chi connectivity index (χ2v) is 3.95. The van der Waals surface area contributed by atoms with E-state index in [2.05, 4.69) is 6.92 Å². The number of carboxylic acids is 1. The van der Waals surface area contributed by atoms with E-state index in [1.807, 2.05) is 6.92 Å². The Labute approximate surface area is 88.4 Å². The molecule has 0 aliphatic rings. The first-order valence-electron chi connectivity index (χ1n) is 3.96. The van der Waals surface area contributed by atoms with E-state index in [9.17, 15) is 9.59 Å². The van der Waals surface area contributed by atoms with Crippen LogP contribution in [0.4, 0.5) is 0 Å². The monoisotopic (exact) mass is 249 g/mol. The molecule has 0 spiro atoms. The summed E-state index contributed by atoms with van der Waals surface area (Å²) in [4.78, 5) is 20.3. The molecule has 0 amide bonds. The van der Waals surface area contributed by atoms with Crippen LogP contribution in [0.2, 0.25) is 4.13 Å². The first-order valence-corrected chi connectivity index (χ1v) is 5.70. The maximum atomic E-state index is 10.5. The van der Waals surface area contributed by atoms with Crippen LogP contribution in [0.5, 0.6) is 0 Å². The van der Waals surface area contributed by atoms with E-state index in [1.165, 1.54) is 4.13 Å². The van der Waals surface area contributed by atoms with E-state index in [1.54, 1.807) is 24.7 Å². The van der Waals surface area contributed by atoms with Crippen LogP contribution < -0.4 is 0 Å². The van der Waals surface area contributed by atoms with Gasteiger partial charge in [0.05, 0.1) is 0 Å². The van der Waals surface area contributed by atoms with Gasteiger partial charge in [0.1, 0.15) is 12.2 Å². The molecule has 0 rings (SSSR count). The van der Waals surface area contributed by atoms with Gasteiger partial charge in [-0.2, -0.15) is 0 Å². The van der Waals surface area contributed by atoms with Gasteiger partial charge in [-0.1, -0.05) is 6.92 Å². The molecule has 0 aliphatic carbocycles. The molecule has 3 nitrogen and oxygen atoms in total. The van der Waals surface area contributed by atoms with E-state index < -0.39 is 5.97 Å². The molecule has 0 heterocycles. The number of carbonyl (C=O) groups is 2. The van der Waals surface area contributed by atoms with Crippen molar-refractivity contribution in [3.05, 3.63) is 0 Å². The van der Waals surface area contributed by atoms with Gasteiger partial charge in [0.15, 0.2) is 0 Å². The zero-order valence-electron chi connectivity index (χ0n) is 7.59. The minimum absolute atomic E-state index is 0.190. The molecular formula is C8H15O3Zr. The molecule has 0 aromatic carbocycles. The number of carbonyl (C=O) groups excluding carboxylic acids is 1. The van der Waals surface area contributed by atoms with Crippen LogP contribution in [0, 0.1) is 0 Å². The minimum atomic E-state index is -1.03. The number of hydrogen-bond donors (Lipinski definition) is 1. The van der Waals surface area contributed by atoms with E-state index in [0.717, 1.165) is 6.42 Å². The SMILES string of the molecule is CCCC(=O)CC(=O)O.C[CH2][Zr]. The van der Waals surface area contributed by atoms with E-state index in [0.29, 0.717) is 6.42 Å². The van der Waals surface area contributed by atoms with Crippen LogP contribution in [0.15, 0.2) is 0 Å². The van der Waals surface area contributed by atoms with Crippen molar-refractivity contribution in [3.63, 3.8) is 0 Å². The average molecular weight is 250 g/mol. The zero-order chi connectivity index (χ0) is 9.98. The predicted molar refractivity (Wildman–Crippen MR) is 42.6 cm³/mol. The van der Waals surface area contributed by atoms with Gasteiger partial charge in [-0.15, -0.1) is 0 Å². The third kappa shape index (κ3) is 16.5. The van der Waals surface area contributed by atoms with Gasteiger partial charge in [-0.25, -0.2) is 0 Å². The van der Waals surface area contributed by atoms with Crippen LogP contribution in [0.1, 0.15) is 33.1 Å². The second-order valence-electron chi connectivity index (χ2n) is 2.21. The van der Waals surface area contributed by atoms with Crippen molar-refractivity contribution >= 4 is 11.8 Å². The molecule has 0 bridgehead atoms. The predicted octanol–water partition coefficient (Wildman–Crippen LogP) is 1.80. The van der Waals surface area contributed by atoms with E-state index >= 15 is 0 Å². The number of Topliss-reactive ketones (excluding diaryl/α,β-unsaturated/α-hetero) is 1. The van der Waals surface area contributed by atoms with Gasteiger partial charge < -0.3 is 5.11 Å². The van der Waals surface area contributed by atoms with Gasteiger partial charge in [0, 0.05) is 6.42 Å². The van der Waals surface area contributed by atoms with Crippen molar-refractivity contribution in [2.45, 2.75) is 37.2 Å². The number of hydrogen-bond acceptors (Lipinski definition) is 2. The summed E-state index contributed by atoms with van der Waals surface area (Å²) in [5.74, 6) is -1.22. The Morgan fingerprint density at radius 3 is 2.00 bits per heavy atom. The Hall–Kier alpha value is 0.0231. The molecule has 0 radical (unpaired) electrons. The summed E-state index contributed by atoms with van der Waals surface area (Å²) in [7, 11) is 0. The standard InChI is InChI=1S/C6H10O3.C2H5.Zr/c1-2-3-5(7)4-6(8)9;1-2;/h2-4H2,1H3,(H,8,9);1H2,2H3;. The second kappa shape index (κ2) is 11.0. The molecular weight excluding hydrogens is 235 g/mol. The molecule has 0 saturated carbocycles. The molecule has 0 aromatic rings. The van der Waals surface area contributed by atoms with E-state index in [4.69, 9.17) is 5.11 Å². The summed E-state index contributed by atoms with van der Waals surface area (Å²) in [6.07, 6.45) is 0.784. The molecule has 0 saturated heterocycles. The summed E-state index contributed by atoms with van der Waals surface area (Å²) < 4.78 is 1.34. The van der Waals surface area contributed by atoms with Gasteiger partial charge >= 0.3 is 41.7 Å². The van der Waals surface area contributed by atoms with Crippen molar-refractivity contribution in [2.75, 3.05) is 0 Å².